The van der Waals surface area contributed by atoms with E-state index in [9.17, 15) is 4.39 Å². The van der Waals surface area contributed by atoms with Crippen LogP contribution in [0.1, 0.15) is 16.7 Å². The summed E-state index contributed by atoms with van der Waals surface area (Å²) < 4.78 is 20.5. The predicted molar refractivity (Wildman–Crippen MR) is 79.1 cm³/mol. The first-order valence-corrected chi connectivity index (χ1v) is 7.40. The molecule has 2 heterocycles. The molecule has 98 valence electrons. The number of benzene rings is 1. The van der Waals surface area contributed by atoms with Gasteiger partial charge in [0, 0.05) is 9.58 Å². The van der Waals surface area contributed by atoms with Crippen molar-refractivity contribution in [3.05, 3.63) is 57.5 Å². The summed E-state index contributed by atoms with van der Waals surface area (Å²) >= 11 is 4.88. The quantitative estimate of drug-likeness (QED) is 0.747. The van der Waals surface area contributed by atoms with Gasteiger partial charge in [-0.2, -0.15) is 0 Å². The fraction of sp³-hybridized carbons (Fsp3) is 0.143. The molecule has 0 saturated heterocycles. The van der Waals surface area contributed by atoms with E-state index in [2.05, 4.69) is 27.3 Å². The van der Waals surface area contributed by atoms with Crippen molar-refractivity contribution in [1.29, 1.82) is 0 Å². The molecule has 3 aromatic rings. The molecule has 1 unspecified atom stereocenters. The van der Waals surface area contributed by atoms with Crippen LogP contribution in [-0.2, 0) is 0 Å². The lowest BCUT2D eigenvalue weighted by Crippen LogP contribution is -2.15. The average Bonchev–Trinajstić information content (AvgIpc) is 2.96. The zero-order valence-corrected chi connectivity index (χ0v) is 12.5. The van der Waals surface area contributed by atoms with Crippen LogP contribution in [0.5, 0.6) is 0 Å². The smallest absolute Gasteiger partial charge is 0.169 e. The number of nitrogens with one attached hydrogen (secondary N) is 1. The van der Waals surface area contributed by atoms with Gasteiger partial charge in [-0.3, -0.25) is 0 Å². The van der Waals surface area contributed by atoms with Crippen molar-refractivity contribution in [1.82, 2.24) is 5.32 Å². The van der Waals surface area contributed by atoms with Crippen LogP contribution in [0.2, 0.25) is 0 Å². The maximum absolute atomic E-state index is 13.2. The molecule has 3 rings (SSSR count). The average molecular weight is 340 g/mol. The lowest BCUT2D eigenvalue weighted by molar-refractivity contribution is 0.450. The summed E-state index contributed by atoms with van der Waals surface area (Å²) in [6.07, 6.45) is 0. The maximum atomic E-state index is 13.2. The van der Waals surface area contributed by atoms with Gasteiger partial charge in [-0.05, 0) is 58.7 Å². The molecule has 0 bridgehead atoms. The van der Waals surface area contributed by atoms with Crippen LogP contribution in [0.4, 0.5) is 4.39 Å². The fourth-order valence-electron chi connectivity index (χ4n) is 2.08. The van der Waals surface area contributed by atoms with Crippen molar-refractivity contribution >= 4 is 37.4 Å². The maximum Gasteiger partial charge on any atom is 0.169 e. The molecule has 0 saturated carbocycles. The molecule has 0 aliphatic rings. The largest absolute Gasteiger partial charge is 0.452 e. The molecule has 19 heavy (non-hydrogen) atoms. The van der Waals surface area contributed by atoms with Gasteiger partial charge in [0.25, 0.3) is 0 Å². The number of hydrogen-bond donors (Lipinski definition) is 1. The van der Waals surface area contributed by atoms with Gasteiger partial charge in [0.2, 0.25) is 0 Å². The first-order chi connectivity index (χ1) is 9.17. The first-order valence-electron chi connectivity index (χ1n) is 5.79. The Morgan fingerprint density at radius 2 is 2.11 bits per heavy atom. The molecule has 5 heteroatoms. The Morgan fingerprint density at radius 3 is 2.79 bits per heavy atom. The molecule has 0 radical (unpaired) electrons. The lowest BCUT2D eigenvalue weighted by atomic mass is 10.1. The molecular weight excluding hydrogens is 329 g/mol. The van der Waals surface area contributed by atoms with Crippen molar-refractivity contribution < 1.29 is 8.81 Å². The minimum Gasteiger partial charge on any atom is -0.452 e. The Balaban J connectivity index is 2.06. The third kappa shape index (κ3) is 2.45. The monoisotopic (exact) mass is 339 g/mol. The van der Waals surface area contributed by atoms with Gasteiger partial charge in [-0.25, -0.2) is 4.39 Å². The summed E-state index contributed by atoms with van der Waals surface area (Å²) in [6.45, 7) is 0. The van der Waals surface area contributed by atoms with Crippen LogP contribution in [0.25, 0.3) is 10.1 Å². The summed E-state index contributed by atoms with van der Waals surface area (Å²) in [5.74, 6) is 0.629. The number of halogens is 2. The second-order valence-electron chi connectivity index (χ2n) is 4.19. The Labute approximate surface area is 122 Å². The van der Waals surface area contributed by atoms with Gasteiger partial charge < -0.3 is 9.73 Å². The molecule has 2 nitrogen and oxygen atoms in total. The summed E-state index contributed by atoms with van der Waals surface area (Å²) in [6, 6.07) is 10.7. The van der Waals surface area contributed by atoms with Crippen LogP contribution < -0.4 is 5.32 Å². The highest BCUT2D eigenvalue weighted by Crippen LogP contribution is 2.34. The van der Waals surface area contributed by atoms with E-state index in [1.54, 1.807) is 23.5 Å². The van der Waals surface area contributed by atoms with E-state index < -0.39 is 0 Å². The van der Waals surface area contributed by atoms with Crippen LogP contribution in [0, 0.1) is 5.82 Å². The molecule has 1 aromatic carbocycles. The first kappa shape index (κ1) is 12.8. The number of hydrogen-bond acceptors (Lipinski definition) is 3. The van der Waals surface area contributed by atoms with E-state index in [0.717, 1.165) is 20.7 Å². The molecule has 0 amide bonds. The zero-order chi connectivity index (χ0) is 13.4. The van der Waals surface area contributed by atoms with Crippen molar-refractivity contribution in [3.8, 4) is 0 Å². The van der Waals surface area contributed by atoms with Crippen molar-refractivity contribution in [2.45, 2.75) is 6.04 Å². The summed E-state index contributed by atoms with van der Waals surface area (Å²) in [4.78, 5) is 1.10. The SMILES string of the molecule is CNC(c1ccc(Br)o1)c1cc2ccc(F)cc2s1. The van der Waals surface area contributed by atoms with E-state index in [1.807, 2.05) is 19.2 Å². The summed E-state index contributed by atoms with van der Waals surface area (Å²) in [7, 11) is 1.88. The van der Waals surface area contributed by atoms with Gasteiger partial charge >= 0.3 is 0 Å². The van der Waals surface area contributed by atoms with Gasteiger partial charge in [0.15, 0.2) is 4.67 Å². The normalized spacial score (nSPS) is 13.0. The number of fused-ring (bicyclic) bond motifs is 1. The predicted octanol–water partition coefficient (Wildman–Crippen LogP) is 4.70. The highest BCUT2D eigenvalue weighted by molar-refractivity contribution is 9.10. The highest BCUT2D eigenvalue weighted by atomic mass is 79.9. The fourth-order valence-corrected chi connectivity index (χ4v) is 3.60. The van der Waals surface area contributed by atoms with Crippen molar-refractivity contribution in [2.75, 3.05) is 7.05 Å². The zero-order valence-electron chi connectivity index (χ0n) is 10.1. The topological polar surface area (TPSA) is 25.2 Å². The van der Waals surface area contributed by atoms with Crippen LogP contribution in [-0.4, -0.2) is 7.05 Å². The highest BCUT2D eigenvalue weighted by Gasteiger charge is 2.18. The Kier molecular flexibility index (Phi) is 3.43. The van der Waals surface area contributed by atoms with E-state index in [-0.39, 0.29) is 11.9 Å². The van der Waals surface area contributed by atoms with Gasteiger partial charge in [0.1, 0.15) is 17.6 Å². The Morgan fingerprint density at radius 1 is 1.26 bits per heavy atom. The van der Waals surface area contributed by atoms with E-state index in [1.165, 1.54) is 6.07 Å². The molecule has 0 aliphatic carbocycles. The molecule has 1 N–H and O–H groups in total. The molecule has 2 aromatic heterocycles. The standard InChI is InChI=1S/C14H11BrFNOS/c1-17-14(10-4-5-13(15)18-10)12-6-8-2-3-9(16)7-11(8)19-12/h2-7,14,17H,1H3. The third-order valence-corrected chi connectivity index (χ3v) is 4.54. The number of furan rings is 1. The van der Waals surface area contributed by atoms with Crippen LogP contribution >= 0.6 is 27.3 Å². The summed E-state index contributed by atoms with van der Waals surface area (Å²) in [5.41, 5.74) is 0. The second kappa shape index (κ2) is 5.07. The number of rotatable bonds is 3. The van der Waals surface area contributed by atoms with E-state index in [0.29, 0.717) is 4.67 Å². The van der Waals surface area contributed by atoms with Crippen LogP contribution in [0.3, 0.4) is 0 Å². The van der Waals surface area contributed by atoms with E-state index in [4.69, 9.17) is 4.42 Å². The van der Waals surface area contributed by atoms with Gasteiger partial charge in [0.05, 0.1) is 0 Å². The van der Waals surface area contributed by atoms with Crippen molar-refractivity contribution in [2.24, 2.45) is 0 Å². The lowest BCUT2D eigenvalue weighted by Gasteiger charge is -2.10. The molecule has 0 spiro atoms. The molecular formula is C14H11BrFNOS. The van der Waals surface area contributed by atoms with E-state index >= 15 is 0 Å². The van der Waals surface area contributed by atoms with Crippen LogP contribution in [0.15, 0.2) is 45.5 Å². The van der Waals surface area contributed by atoms with Gasteiger partial charge in [-0.1, -0.05) is 6.07 Å². The minimum absolute atomic E-state index is 0.0215. The third-order valence-electron chi connectivity index (χ3n) is 2.95. The van der Waals surface area contributed by atoms with Gasteiger partial charge in [-0.15, -0.1) is 11.3 Å². The number of thiophene rings is 1. The second-order valence-corrected chi connectivity index (χ2v) is 6.09. The Bertz CT molecular complexity index is 721. The molecule has 0 aliphatic heterocycles. The molecule has 1 atom stereocenters. The van der Waals surface area contributed by atoms with Crippen molar-refractivity contribution in [3.63, 3.8) is 0 Å². The Hall–Kier alpha value is -1.17. The molecule has 0 fully saturated rings. The minimum atomic E-state index is -0.206. The summed E-state index contributed by atoms with van der Waals surface area (Å²) in [5, 5.41) is 4.27.